The number of methoxy groups -OCH3 is 1. The lowest BCUT2D eigenvalue weighted by Gasteiger charge is -2.12. The number of alkyl halides is 1. The summed E-state index contributed by atoms with van der Waals surface area (Å²) in [5.74, 6) is 2.11. The lowest BCUT2D eigenvalue weighted by molar-refractivity contribution is 0.294. The Kier molecular flexibility index (Phi) is 4.69. The lowest BCUT2D eigenvalue weighted by atomic mass is 10.1. The molecule has 0 saturated carbocycles. The van der Waals surface area contributed by atoms with Crippen molar-refractivity contribution in [1.29, 1.82) is 0 Å². The Morgan fingerprint density at radius 1 is 1.00 bits per heavy atom. The molecule has 2 rings (SSSR count). The number of ether oxygens (including phenoxy) is 2. The van der Waals surface area contributed by atoms with Gasteiger partial charge in [-0.05, 0) is 19.1 Å². The number of para-hydroxylation sites is 1. The molecule has 0 heterocycles. The SMILES string of the molecule is COc1ccccc1COc1ccc(C)cc1CCl. The standard InChI is InChI=1S/C16H17ClO2/c1-12-7-8-16(14(9-12)10-17)19-11-13-5-3-4-6-15(13)18-2/h3-9H,10-11H2,1-2H3. The van der Waals surface area contributed by atoms with Gasteiger partial charge >= 0.3 is 0 Å². The molecule has 0 fully saturated rings. The van der Waals surface area contributed by atoms with Gasteiger partial charge in [0, 0.05) is 11.1 Å². The fraction of sp³-hybridized carbons (Fsp3) is 0.250. The minimum atomic E-state index is 0.447. The van der Waals surface area contributed by atoms with E-state index in [1.165, 1.54) is 5.56 Å². The summed E-state index contributed by atoms with van der Waals surface area (Å²) < 4.78 is 11.2. The van der Waals surface area contributed by atoms with Crippen molar-refractivity contribution in [1.82, 2.24) is 0 Å². The van der Waals surface area contributed by atoms with Gasteiger partial charge in [-0.15, -0.1) is 11.6 Å². The third kappa shape index (κ3) is 3.42. The average molecular weight is 277 g/mol. The van der Waals surface area contributed by atoms with Crippen LogP contribution in [0.25, 0.3) is 0 Å². The average Bonchev–Trinajstić information content (AvgIpc) is 2.46. The number of benzene rings is 2. The molecule has 0 unspecified atom stereocenters. The Hall–Kier alpha value is -1.67. The second kappa shape index (κ2) is 6.48. The number of hydrogen-bond acceptors (Lipinski definition) is 2. The van der Waals surface area contributed by atoms with E-state index in [1.807, 2.05) is 49.4 Å². The molecule has 0 N–H and O–H groups in total. The van der Waals surface area contributed by atoms with E-state index in [9.17, 15) is 0 Å². The largest absolute Gasteiger partial charge is 0.496 e. The lowest BCUT2D eigenvalue weighted by Crippen LogP contribution is -2.00. The molecule has 0 aliphatic carbocycles. The molecule has 0 radical (unpaired) electrons. The first-order valence-electron chi connectivity index (χ1n) is 6.14. The van der Waals surface area contributed by atoms with Crippen molar-refractivity contribution in [3.05, 3.63) is 59.2 Å². The van der Waals surface area contributed by atoms with E-state index in [0.717, 1.165) is 22.6 Å². The van der Waals surface area contributed by atoms with E-state index < -0.39 is 0 Å². The second-order valence-corrected chi connectivity index (χ2v) is 4.61. The van der Waals surface area contributed by atoms with Crippen LogP contribution >= 0.6 is 11.6 Å². The molecular formula is C16H17ClO2. The molecule has 2 aromatic rings. The molecule has 0 bridgehead atoms. The molecule has 3 heteroatoms. The van der Waals surface area contributed by atoms with Gasteiger partial charge in [-0.2, -0.15) is 0 Å². The van der Waals surface area contributed by atoms with Crippen LogP contribution in [0.5, 0.6) is 11.5 Å². The summed E-state index contributed by atoms with van der Waals surface area (Å²) in [6, 6.07) is 13.9. The van der Waals surface area contributed by atoms with Crippen LogP contribution in [0, 0.1) is 6.92 Å². The minimum Gasteiger partial charge on any atom is -0.496 e. The summed E-state index contributed by atoms with van der Waals surface area (Å²) in [5.41, 5.74) is 3.21. The first kappa shape index (κ1) is 13.8. The highest BCUT2D eigenvalue weighted by atomic mass is 35.5. The molecule has 2 aromatic carbocycles. The van der Waals surface area contributed by atoms with Crippen molar-refractivity contribution in [2.45, 2.75) is 19.4 Å². The summed E-state index contributed by atoms with van der Waals surface area (Å²) in [5, 5.41) is 0. The van der Waals surface area contributed by atoms with Crippen LogP contribution in [0.2, 0.25) is 0 Å². The fourth-order valence-electron chi connectivity index (χ4n) is 1.93. The molecule has 0 aromatic heterocycles. The van der Waals surface area contributed by atoms with E-state index in [-0.39, 0.29) is 0 Å². The van der Waals surface area contributed by atoms with Gasteiger partial charge in [-0.1, -0.05) is 35.9 Å². The maximum atomic E-state index is 5.94. The molecule has 100 valence electrons. The first-order valence-corrected chi connectivity index (χ1v) is 6.68. The van der Waals surface area contributed by atoms with Gasteiger partial charge in [0.15, 0.2) is 0 Å². The molecule has 19 heavy (non-hydrogen) atoms. The predicted octanol–water partition coefficient (Wildman–Crippen LogP) is 4.32. The molecule has 0 aliphatic heterocycles. The third-order valence-corrected chi connectivity index (χ3v) is 3.22. The Bertz CT molecular complexity index is 552. The van der Waals surface area contributed by atoms with Crippen LogP contribution in [-0.4, -0.2) is 7.11 Å². The van der Waals surface area contributed by atoms with Crippen molar-refractivity contribution in [2.75, 3.05) is 7.11 Å². The van der Waals surface area contributed by atoms with Gasteiger partial charge in [-0.3, -0.25) is 0 Å². The van der Waals surface area contributed by atoms with Gasteiger partial charge in [0.05, 0.1) is 13.0 Å². The van der Waals surface area contributed by atoms with E-state index in [4.69, 9.17) is 21.1 Å². The van der Waals surface area contributed by atoms with Gasteiger partial charge in [0.25, 0.3) is 0 Å². The summed E-state index contributed by atoms with van der Waals surface area (Å²) >= 11 is 5.94. The number of aryl methyl sites for hydroxylation is 1. The molecule has 0 aliphatic rings. The van der Waals surface area contributed by atoms with Crippen LogP contribution in [0.15, 0.2) is 42.5 Å². The number of rotatable bonds is 5. The zero-order valence-electron chi connectivity index (χ0n) is 11.2. The van der Waals surface area contributed by atoms with Crippen LogP contribution in [0.3, 0.4) is 0 Å². The van der Waals surface area contributed by atoms with Crippen molar-refractivity contribution in [3.63, 3.8) is 0 Å². The topological polar surface area (TPSA) is 18.5 Å². The van der Waals surface area contributed by atoms with Crippen molar-refractivity contribution >= 4 is 11.6 Å². The zero-order valence-corrected chi connectivity index (χ0v) is 11.9. The normalized spacial score (nSPS) is 10.3. The maximum absolute atomic E-state index is 5.94. The Morgan fingerprint density at radius 2 is 1.79 bits per heavy atom. The molecular weight excluding hydrogens is 260 g/mol. The molecule has 0 spiro atoms. The van der Waals surface area contributed by atoms with E-state index in [2.05, 4.69) is 0 Å². The first-order chi connectivity index (χ1) is 9.24. The van der Waals surface area contributed by atoms with Crippen LogP contribution in [0.4, 0.5) is 0 Å². The summed E-state index contributed by atoms with van der Waals surface area (Å²) in [6.45, 7) is 2.51. The fourth-order valence-corrected chi connectivity index (χ4v) is 2.14. The zero-order chi connectivity index (χ0) is 13.7. The van der Waals surface area contributed by atoms with E-state index in [0.29, 0.717) is 12.5 Å². The predicted molar refractivity (Wildman–Crippen MR) is 78.1 cm³/mol. The van der Waals surface area contributed by atoms with Gasteiger partial charge in [0.2, 0.25) is 0 Å². The van der Waals surface area contributed by atoms with Crippen molar-refractivity contribution in [3.8, 4) is 11.5 Å². The number of halogens is 1. The van der Waals surface area contributed by atoms with Gasteiger partial charge < -0.3 is 9.47 Å². The monoisotopic (exact) mass is 276 g/mol. The second-order valence-electron chi connectivity index (χ2n) is 4.35. The maximum Gasteiger partial charge on any atom is 0.125 e. The molecule has 0 saturated heterocycles. The Labute approximate surface area is 118 Å². The summed E-state index contributed by atoms with van der Waals surface area (Å²) in [7, 11) is 1.66. The van der Waals surface area contributed by atoms with Gasteiger partial charge in [0.1, 0.15) is 18.1 Å². The van der Waals surface area contributed by atoms with E-state index >= 15 is 0 Å². The minimum absolute atomic E-state index is 0.447. The van der Waals surface area contributed by atoms with Crippen molar-refractivity contribution in [2.24, 2.45) is 0 Å². The van der Waals surface area contributed by atoms with Crippen molar-refractivity contribution < 1.29 is 9.47 Å². The molecule has 2 nitrogen and oxygen atoms in total. The van der Waals surface area contributed by atoms with Crippen LogP contribution in [0.1, 0.15) is 16.7 Å². The Morgan fingerprint density at radius 3 is 2.53 bits per heavy atom. The summed E-state index contributed by atoms with van der Waals surface area (Å²) in [4.78, 5) is 0. The smallest absolute Gasteiger partial charge is 0.125 e. The Balaban J connectivity index is 2.14. The summed E-state index contributed by atoms with van der Waals surface area (Å²) in [6.07, 6.45) is 0. The molecule has 0 atom stereocenters. The highest BCUT2D eigenvalue weighted by Crippen LogP contribution is 2.25. The van der Waals surface area contributed by atoms with E-state index in [1.54, 1.807) is 7.11 Å². The quantitative estimate of drug-likeness (QED) is 0.757. The number of hydrogen-bond donors (Lipinski definition) is 0. The highest BCUT2D eigenvalue weighted by molar-refractivity contribution is 6.17. The third-order valence-electron chi connectivity index (χ3n) is 2.94. The van der Waals surface area contributed by atoms with Crippen LogP contribution in [-0.2, 0) is 12.5 Å². The van der Waals surface area contributed by atoms with Gasteiger partial charge in [-0.25, -0.2) is 0 Å². The highest BCUT2D eigenvalue weighted by Gasteiger charge is 2.06. The van der Waals surface area contributed by atoms with Crippen LogP contribution < -0.4 is 9.47 Å². The molecule has 0 amide bonds.